The summed E-state index contributed by atoms with van der Waals surface area (Å²) < 4.78 is 0.677. The van der Waals surface area contributed by atoms with Crippen LogP contribution in [-0.2, 0) is 4.79 Å². The van der Waals surface area contributed by atoms with E-state index in [9.17, 15) is 19.8 Å². The summed E-state index contributed by atoms with van der Waals surface area (Å²) in [5.74, 6) is -0.994. The largest absolute Gasteiger partial charge is 0.507 e. The second-order valence-electron chi connectivity index (χ2n) is 5.44. The molecule has 2 N–H and O–H groups in total. The number of carboxylic acids is 1. The summed E-state index contributed by atoms with van der Waals surface area (Å²) in [6.45, 7) is 2.63. The second-order valence-corrected chi connectivity index (χ2v) is 6.60. The maximum atomic E-state index is 12.5. The minimum Gasteiger partial charge on any atom is -0.507 e. The molecule has 1 aliphatic rings. The number of rotatable bonds is 3. The van der Waals surface area contributed by atoms with Crippen molar-refractivity contribution in [3.8, 4) is 5.75 Å². The second kappa shape index (κ2) is 6.21. The van der Waals surface area contributed by atoms with Crippen LogP contribution >= 0.6 is 22.6 Å². The Morgan fingerprint density at radius 3 is 2.71 bits per heavy atom. The summed E-state index contributed by atoms with van der Waals surface area (Å²) >= 11 is 1.99. The average Bonchev–Trinajstić information content (AvgIpc) is 2.49. The molecule has 1 saturated heterocycles. The smallest absolute Gasteiger partial charge is 0.311 e. The molecule has 1 aromatic rings. The SMILES string of the molecule is CCC1(C(=O)O)CCCN(C(=O)c2ccc(I)c(O)c2)C1. The number of carbonyl (C=O) groups is 2. The normalized spacial score (nSPS) is 22.1. The first kappa shape index (κ1) is 16.1. The minimum atomic E-state index is -0.848. The van der Waals surface area contributed by atoms with Crippen LogP contribution in [0.2, 0.25) is 0 Å². The molecule has 1 fully saturated rings. The van der Waals surface area contributed by atoms with Crippen molar-refractivity contribution in [3.63, 3.8) is 0 Å². The zero-order valence-corrected chi connectivity index (χ0v) is 14.0. The van der Waals surface area contributed by atoms with Gasteiger partial charge in [-0.2, -0.15) is 0 Å². The van der Waals surface area contributed by atoms with Crippen LogP contribution in [-0.4, -0.2) is 40.1 Å². The lowest BCUT2D eigenvalue weighted by atomic mass is 9.77. The number of nitrogens with zero attached hydrogens (tertiary/aromatic N) is 1. The Kier molecular flexibility index (Phi) is 4.75. The van der Waals surface area contributed by atoms with E-state index in [1.54, 1.807) is 17.0 Å². The molecule has 0 spiro atoms. The number of halogens is 1. The quantitative estimate of drug-likeness (QED) is 0.761. The van der Waals surface area contributed by atoms with Gasteiger partial charge in [-0.25, -0.2) is 0 Å². The van der Waals surface area contributed by atoms with Crippen LogP contribution in [0.5, 0.6) is 5.75 Å². The van der Waals surface area contributed by atoms with Crippen LogP contribution in [0.3, 0.4) is 0 Å². The number of carboxylic acid groups (broad SMARTS) is 1. The van der Waals surface area contributed by atoms with Gasteiger partial charge in [-0.15, -0.1) is 0 Å². The van der Waals surface area contributed by atoms with Gasteiger partial charge in [0.25, 0.3) is 5.91 Å². The Hall–Kier alpha value is -1.31. The Morgan fingerprint density at radius 2 is 2.14 bits per heavy atom. The lowest BCUT2D eigenvalue weighted by Crippen LogP contribution is -2.49. The number of phenolic OH excluding ortho intramolecular Hbond substituents is 1. The van der Waals surface area contributed by atoms with Gasteiger partial charge in [0.15, 0.2) is 0 Å². The van der Waals surface area contributed by atoms with Crippen molar-refractivity contribution < 1.29 is 19.8 Å². The molecule has 21 heavy (non-hydrogen) atoms. The van der Waals surface area contributed by atoms with Gasteiger partial charge in [-0.05, 0) is 60.1 Å². The number of aliphatic carboxylic acids is 1. The highest BCUT2D eigenvalue weighted by Gasteiger charge is 2.42. The van der Waals surface area contributed by atoms with Gasteiger partial charge in [0, 0.05) is 18.7 Å². The molecular weight excluding hydrogens is 385 g/mol. The number of amides is 1. The predicted molar refractivity (Wildman–Crippen MR) is 86.3 cm³/mol. The number of likely N-dealkylation sites (tertiary alicyclic amines) is 1. The Bertz CT molecular complexity index is 575. The molecule has 2 rings (SSSR count). The molecule has 1 heterocycles. The van der Waals surface area contributed by atoms with Crippen molar-refractivity contribution in [2.24, 2.45) is 5.41 Å². The summed E-state index contributed by atoms with van der Waals surface area (Å²) in [5, 5.41) is 19.2. The van der Waals surface area contributed by atoms with Crippen LogP contribution in [0.15, 0.2) is 18.2 Å². The lowest BCUT2D eigenvalue weighted by Gasteiger charge is -2.39. The van der Waals surface area contributed by atoms with Gasteiger partial charge < -0.3 is 15.1 Å². The fourth-order valence-corrected chi connectivity index (χ4v) is 3.08. The van der Waals surface area contributed by atoms with Crippen LogP contribution in [0.4, 0.5) is 0 Å². The molecule has 1 aliphatic heterocycles. The number of benzene rings is 1. The molecule has 0 saturated carbocycles. The van der Waals surface area contributed by atoms with E-state index in [1.807, 2.05) is 29.5 Å². The van der Waals surface area contributed by atoms with E-state index >= 15 is 0 Å². The Balaban J connectivity index is 2.22. The molecule has 6 heteroatoms. The first-order chi connectivity index (χ1) is 9.89. The zero-order valence-electron chi connectivity index (χ0n) is 11.8. The molecule has 0 bridgehead atoms. The number of hydrogen-bond donors (Lipinski definition) is 2. The predicted octanol–water partition coefficient (Wildman–Crippen LogP) is 2.71. The van der Waals surface area contributed by atoms with Gasteiger partial charge in [0.2, 0.25) is 0 Å². The van der Waals surface area contributed by atoms with Crippen molar-refractivity contribution in [1.29, 1.82) is 0 Å². The van der Waals surface area contributed by atoms with E-state index in [2.05, 4.69) is 0 Å². The van der Waals surface area contributed by atoms with Crippen LogP contribution in [0.1, 0.15) is 36.5 Å². The minimum absolute atomic E-state index is 0.0680. The van der Waals surface area contributed by atoms with E-state index in [1.165, 1.54) is 6.07 Å². The van der Waals surface area contributed by atoms with E-state index in [0.29, 0.717) is 34.9 Å². The van der Waals surface area contributed by atoms with Gasteiger partial charge in [0.1, 0.15) is 5.75 Å². The Labute approximate surface area is 137 Å². The summed E-state index contributed by atoms with van der Waals surface area (Å²) in [6.07, 6.45) is 1.78. The van der Waals surface area contributed by atoms with Gasteiger partial charge in [0.05, 0.1) is 8.99 Å². The molecule has 0 radical (unpaired) electrons. The molecule has 1 atom stereocenters. The van der Waals surface area contributed by atoms with Crippen LogP contribution in [0, 0.1) is 8.99 Å². The third-order valence-electron chi connectivity index (χ3n) is 4.19. The first-order valence-corrected chi connectivity index (χ1v) is 7.99. The highest BCUT2D eigenvalue weighted by molar-refractivity contribution is 14.1. The highest BCUT2D eigenvalue weighted by Crippen LogP contribution is 2.34. The fraction of sp³-hybridized carbons (Fsp3) is 0.467. The number of aromatic hydroxyl groups is 1. The number of piperidine rings is 1. The van der Waals surface area contributed by atoms with Gasteiger partial charge >= 0.3 is 5.97 Å². The third-order valence-corrected chi connectivity index (χ3v) is 5.10. The Morgan fingerprint density at radius 1 is 1.43 bits per heavy atom. The molecule has 0 aliphatic carbocycles. The summed E-state index contributed by atoms with van der Waals surface area (Å²) in [6, 6.07) is 4.78. The van der Waals surface area contributed by atoms with E-state index in [0.717, 1.165) is 0 Å². The molecule has 114 valence electrons. The monoisotopic (exact) mass is 403 g/mol. The van der Waals surface area contributed by atoms with Crippen molar-refractivity contribution >= 4 is 34.5 Å². The van der Waals surface area contributed by atoms with Crippen molar-refractivity contribution in [2.75, 3.05) is 13.1 Å². The van der Waals surface area contributed by atoms with Gasteiger partial charge in [-0.1, -0.05) is 6.92 Å². The van der Waals surface area contributed by atoms with Crippen molar-refractivity contribution in [2.45, 2.75) is 26.2 Å². The first-order valence-electron chi connectivity index (χ1n) is 6.91. The average molecular weight is 403 g/mol. The van der Waals surface area contributed by atoms with Gasteiger partial charge in [-0.3, -0.25) is 9.59 Å². The molecule has 5 nitrogen and oxygen atoms in total. The summed E-state index contributed by atoms with van der Waals surface area (Å²) in [7, 11) is 0. The van der Waals surface area contributed by atoms with E-state index < -0.39 is 11.4 Å². The third kappa shape index (κ3) is 3.14. The maximum Gasteiger partial charge on any atom is 0.311 e. The summed E-state index contributed by atoms with van der Waals surface area (Å²) in [5.41, 5.74) is -0.454. The van der Waals surface area contributed by atoms with Crippen molar-refractivity contribution in [3.05, 3.63) is 27.3 Å². The number of phenols is 1. The maximum absolute atomic E-state index is 12.5. The topological polar surface area (TPSA) is 77.8 Å². The summed E-state index contributed by atoms with van der Waals surface area (Å²) in [4.78, 5) is 25.6. The van der Waals surface area contributed by atoms with E-state index in [-0.39, 0.29) is 18.2 Å². The molecule has 1 amide bonds. The lowest BCUT2D eigenvalue weighted by molar-refractivity contribution is -0.152. The molecule has 1 aromatic carbocycles. The molecule has 1 unspecified atom stereocenters. The highest BCUT2D eigenvalue weighted by atomic mass is 127. The van der Waals surface area contributed by atoms with Crippen molar-refractivity contribution in [1.82, 2.24) is 4.90 Å². The molecule has 0 aromatic heterocycles. The fourth-order valence-electron chi connectivity index (χ4n) is 2.75. The molecular formula is C15H18INO4. The number of hydrogen-bond acceptors (Lipinski definition) is 3. The zero-order chi connectivity index (χ0) is 15.6. The number of carbonyl (C=O) groups excluding carboxylic acids is 1. The van der Waals surface area contributed by atoms with Crippen LogP contribution < -0.4 is 0 Å². The van der Waals surface area contributed by atoms with Crippen LogP contribution in [0.25, 0.3) is 0 Å². The van der Waals surface area contributed by atoms with E-state index in [4.69, 9.17) is 0 Å². The standard InChI is InChI=1S/C15H18INO4/c1-2-15(14(20)21)6-3-7-17(9-15)13(19)10-4-5-11(16)12(18)8-10/h4-5,8,18H,2-3,6-7,9H2,1H3,(H,20,21).